The van der Waals surface area contributed by atoms with Crippen molar-refractivity contribution >= 4 is 0 Å². The van der Waals surface area contributed by atoms with Crippen molar-refractivity contribution in [2.45, 2.75) is 102 Å². The lowest BCUT2D eigenvalue weighted by molar-refractivity contribution is 0.0973. The van der Waals surface area contributed by atoms with Gasteiger partial charge in [-0.15, -0.1) is 0 Å². The Kier molecular flexibility index (Phi) is 7.72. The van der Waals surface area contributed by atoms with E-state index in [2.05, 4.69) is 67.6 Å². The molecular weight excluding hydrogens is 386 g/mol. The minimum absolute atomic E-state index is 0.0406. The largest absolute Gasteiger partial charge is 0.198 e. The highest BCUT2D eigenvalue weighted by Gasteiger charge is 2.45. The highest BCUT2D eigenvalue weighted by Crippen LogP contribution is 2.53. The Morgan fingerprint density at radius 3 is 1.97 bits per heavy atom. The van der Waals surface area contributed by atoms with E-state index in [1.165, 1.54) is 100 Å². The fourth-order valence-corrected chi connectivity index (χ4v) is 6.85. The van der Waals surface area contributed by atoms with Crippen LogP contribution in [0.25, 0.3) is 11.1 Å². The number of nitrogens with zero attached hydrogens (tertiary/aromatic N) is 1. The van der Waals surface area contributed by atoms with Crippen molar-refractivity contribution in [3.05, 3.63) is 60.2 Å². The maximum absolute atomic E-state index is 10.6. The number of benzene rings is 2. The molecule has 1 unspecified atom stereocenters. The summed E-state index contributed by atoms with van der Waals surface area (Å²) in [5.74, 6) is 0.139. The lowest BCUT2D eigenvalue weighted by atomic mass is 9.56. The molecule has 1 atom stereocenters. The predicted molar refractivity (Wildman–Crippen MR) is 135 cm³/mol. The summed E-state index contributed by atoms with van der Waals surface area (Å²) < 4.78 is 0. The Balaban J connectivity index is 1.64. The Hall–Kier alpha value is -2.07. The smallest absolute Gasteiger partial charge is 0.0665 e. The van der Waals surface area contributed by atoms with E-state index in [4.69, 9.17) is 0 Å². The molecule has 2 saturated carbocycles. The van der Waals surface area contributed by atoms with Crippen molar-refractivity contribution in [3.8, 4) is 17.2 Å². The van der Waals surface area contributed by atoms with E-state index in [0.717, 1.165) is 6.42 Å². The number of hydrogen-bond acceptors (Lipinski definition) is 1. The third-order valence-electron chi connectivity index (χ3n) is 8.75. The zero-order valence-corrected chi connectivity index (χ0v) is 20.1. The molecule has 1 heteroatoms. The van der Waals surface area contributed by atoms with E-state index < -0.39 is 0 Å². The SMILES string of the molecule is CCCCC1(CC(C#N)C2(c3ccc(-c4ccccc4)cc3)CCCCC2)CCCCC1. The highest BCUT2D eigenvalue weighted by molar-refractivity contribution is 5.63. The molecule has 2 aliphatic carbocycles. The van der Waals surface area contributed by atoms with Gasteiger partial charge in [0.15, 0.2) is 0 Å². The van der Waals surface area contributed by atoms with Crippen molar-refractivity contribution in [2.24, 2.45) is 11.3 Å². The van der Waals surface area contributed by atoms with Gasteiger partial charge in [-0.05, 0) is 60.6 Å². The maximum atomic E-state index is 10.6. The first-order valence-corrected chi connectivity index (χ1v) is 13.3. The summed E-state index contributed by atoms with van der Waals surface area (Å²) in [5.41, 5.74) is 4.42. The standard InChI is InChI=1S/C31H41N/c1-2-3-19-30(20-9-5-10-21-30)24-29(25-32)31(22-11-6-12-23-31)28-17-15-27(16-18-28)26-13-7-4-8-14-26/h4,7-8,13-18,29H,2-3,5-6,9-12,19-24H2,1H3. The van der Waals surface area contributed by atoms with E-state index in [1.807, 2.05) is 0 Å². The molecule has 0 aromatic heterocycles. The second-order valence-electron chi connectivity index (χ2n) is 10.7. The Morgan fingerprint density at radius 1 is 0.781 bits per heavy atom. The Labute approximate surface area is 196 Å². The monoisotopic (exact) mass is 427 g/mol. The molecule has 0 heterocycles. The van der Waals surface area contributed by atoms with E-state index in [9.17, 15) is 5.26 Å². The first-order chi connectivity index (χ1) is 15.7. The van der Waals surface area contributed by atoms with Gasteiger partial charge in [0.05, 0.1) is 12.0 Å². The van der Waals surface area contributed by atoms with Gasteiger partial charge in [-0.1, -0.05) is 113 Å². The zero-order chi connectivity index (χ0) is 22.3. The topological polar surface area (TPSA) is 23.8 Å². The number of nitriles is 1. The third-order valence-corrected chi connectivity index (χ3v) is 8.75. The predicted octanol–water partition coefficient (Wildman–Crippen LogP) is 9.23. The van der Waals surface area contributed by atoms with Crippen molar-refractivity contribution in [1.82, 2.24) is 0 Å². The molecule has 4 rings (SSSR count). The minimum Gasteiger partial charge on any atom is -0.198 e. The number of rotatable bonds is 8. The molecule has 2 aromatic rings. The first-order valence-electron chi connectivity index (χ1n) is 13.3. The summed E-state index contributed by atoms with van der Waals surface area (Å²) in [6.45, 7) is 2.31. The summed E-state index contributed by atoms with van der Waals surface area (Å²) >= 11 is 0. The molecule has 0 spiro atoms. The number of unbranched alkanes of at least 4 members (excludes halogenated alkanes) is 1. The average Bonchev–Trinajstić information content (AvgIpc) is 2.88. The molecule has 0 bridgehead atoms. The summed E-state index contributed by atoms with van der Waals surface area (Å²) in [5, 5.41) is 10.6. The molecule has 170 valence electrons. The van der Waals surface area contributed by atoms with Crippen LogP contribution in [-0.4, -0.2) is 0 Å². The lowest BCUT2D eigenvalue weighted by Crippen LogP contribution is -2.40. The van der Waals surface area contributed by atoms with Crippen LogP contribution in [0.1, 0.15) is 102 Å². The zero-order valence-electron chi connectivity index (χ0n) is 20.1. The van der Waals surface area contributed by atoms with E-state index in [1.54, 1.807) is 0 Å². The van der Waals surface area contributed by atoms with Gasteiger partial charge >= 0.3 is 0 Å². The third kappa shape index (κ3) is 4.96. The fraction of sp³-hybridized carbons (Fsp3) is 0.581. The van der Waals surface area contributed by atoms with Crippen LogP contribution in [0.3, 0.4) is 0 Å². The van der Waals surface area contributed by atoms with Gasteiger partial charge < -0.3 is 0 Å². The second kappa shape index (κ2) is 10.7. The van der Waals surface area contributed by atoms with Gasteiger partial charge in [0.2, 0.25) is 0 Å². The quantitative estimate of drug-likeness (QED) is 0.412. The number of hydrogen-bond donors (Lipinski definition) is 0. The summed E-state index contributed by atoms with van der Waals surface area (Å²) in [7, 11) is 0. The molecule has 2 fully saturated rings. The van der Waals surface area contributed by atoms with Gasteiger partial charge in [0.1, 0.15) is 0 Å². The molecular formula is C31H41N. The van der Waals surface area contributed by atoms with Crippen LogP contribution in [-0.2, 0) is 5.41 Å². The van der Waals surface area contributed by atoms with Crippen molar-refractivity contribution in [1.29, 1.82) is 5.26 Å². The average molecular weight is 428 g/mol. The highest BCUT2D eigenvalue weighted by atomic mass is 14.5. The first kappa shape index (κ1) is 23.1. The molecule has 1 nitrogen and oxygen atoms in total. The van der Waals surface area contributed by atoms with Crippen molar-refractivity contribution < 1.29 is 0 Å². The van der Waals surface area contributed by atoms with Crippen molar-refractivity contribution in [3.63, 3.8) is 0 Å². The maximum Gasteiger partial charge on any atom is 0.0665 e. The molecule has 0 N–H and O–H groups in total. The molecule has 32 heavy (non-hydrogen) atoms. The normalized spacial score (nSPS) is 20.9. The Bertz CT molecular complexity index is 861. The molecule has 0 saturated heterocycles. The van der Waals surface area contributed by atoms with Gasteiger partial charge in [0, 0.05) is 5.41 Å². The second-order valence-corrected chi connectivity index (χ2v) is 10.7. The summed E-state index contributed by atoms with van der Waals surface area (Å²) in [4.78, 5) is 0. The van der Waals surface area contributed by atoms with Crippen LogP contribution >= 0.6 is 0 Å². The van der Waals surface area contributed by atoms with Crippen LogP contribution in [0.2, 0.25) is 0 Å². The van der Waals surface area contributed by atoms with Gasteiger partial charge in [-0.3, -0.25) is 0 Å². The van der Waals surface area contributed by atoms with Gasteiger partial charge in [-0.2, -0.15) is 5.26 Å². The van der Waals surface area contributed by atoms with Crippen LogP contribution in [0.15, 0.2) is 54.6 Å². The van der Waals surface area contributed by atoms with E-state index in [0.29, 0.717) is 5.41 Å². The van der Waals surface area contributed by atoms with E-state index in [-0.39, 0.29) is 11.3 Å². The van der Waals surface area contributed by atoms with Crippen LogP contribution in [0, 0.1) is 22.7 Å². The Morgan fingerprint density at radius 2 is 1.38 bits per heavy atom. The molecule has 2 aliphatic rings. The fourth-order valence-electron chi connectivity index (χ4n) is 6.85. The minimum atomic E-state index is 0.0406. The van der Waals surface area contributed by atoms with Gasteiger partial charge in [-0.25, -0.2) is 0 Å². The van der Waals surface area contributed by atoms with Gasteiger partial charge in [0.25, 0.3) is 0 Å². The summed E-state index contributed by atoms with van der Waals surface area (Å²) in [6, 6.07) is 22.9. The van der Waals surface area contributed by atoms with Crippen LogP contribution in [0.5, 0.6) is 0 Å². The lowest BCUT2D eigenvalue weighted by Gasteiger charge is -2.47. The molecule has 0 radical (unpaired) electrons. The van der Waals surface area contributed by atoms with Crippen molar-refractivity contribution in [2.75, 3.05) is 0 Å². The molecule has 0 amide bonds. The van der Waals surface area contributed by atoms with E-state index >= 15 is 0 Å². The van der Waals surface area contributed by atoms with Crippen LogP contribution < -0.4 is 0 Å². The summed E-state index contributed by atoms with van der Waals surface area (Å²) in [6.07, 6.45) is 18.0. The molecule has 2 aromatic carbocycles. The van der Waals surface area contributed by atoms with Crippen LogP contribution in [0.4, 0.5) is 0 Å². The molecule has 0 aliphatic heterocycles.